The van der Waals surface area contributed by atoms with Crippen molar-refractivity contribution in [3.8, 4) is 23.2 Å². The predicted octanol–water partition coefficient (Wildman–Crippen LogP) is 2.62. The molecule has 2 aliphatic rings. The summed E-state index contributed by atoms with van der Waals surface area (Å²) in [6, 6.07) is 1.98. The number of nitrogens with zero attached hydrogens (tertiary/aromatic N) is 6. The molecule has 144 valence electrons. The van der Waals surface area contributed by atoms with Gasteiger partial charge in [0.1, 0.15) is 17.4 Å². The summed E-state index contributed by atoms with van der Waals surface area (Å²) in [5.74, 6) is 0.680. The lowest BCUT2D eigenvalue weighted by atomic mass is 10.1. The fourth-order valence-electron chi connectivity index (χ4n) is 3.86. The third kappa shape index (κ3) is 2.79. The van der Waals surface area contributed by atoms with Crippen LogP contribution in [0, 0.1) is 18.4 Å². The lowest BCUT2D eigenvalue weighted by Gasteiger charge is -2.22. The van der Waals surface area contributed by atoms with Crippen LogP contribution in [0.15, 0.2) is 18.5 Å². The highest BCUT2D eigenvalue weighted by molar-refractivity contribution is 6.34. The van der Waals surface area contributed by atoms with Crippen LogP contribution in [0.3, 0.4) is 0 Å². The second-order valence-corrected chi connectivity index (χ2v) is 7.55. The topological polar surface area (TPSA) is 80.6 Å². The molecule has 9 heteroatoms. The van der Waals surface area contributed by atoms with Crippen molar-refractivity contribution in [1.29, 1.82) is 5.26 Å². The first kappa shape index (κ1) is 17.3. The van der Waals surface area contributed by atoms with Gasteiger partial charge in [-0.1, -0.05) is 11.6 Å². The molecule has 5 heterocycles. The molecule has 1 fully saturated rings. The second-order valence-electron chi connectivity index (χ2n) is 7.15. The number of rotatable bonds is 3. The lowest BCUT2D eigenvalue weighted by molar-refractivity contribution is 0.142. The molecule has 3 aromatic rings. The standard InChI is InChI=1S/C19H19ClN6O2/c1-12-16-9-24(11-21)3-4-25(16)23-18(12)13-6-17(28-14-2-5-27-10-14)19-15(20)7-22-26(19)8-13/h6-8,14H,2-5,9-10H2,1H3/t14-/m1/s1. The largest absolute Gasteiger partial charge is 0.486 e. The zero-order valence-corrected chi connectivity index (χ0v) is 16.2. The van der Waals surface area contributed by atoms with Gasteiger partial charge in [0.05, 0.1) is 48.9 Å². The molecule has 3 aromatic heterocycles. The van der Waals surface area contributed by atoms with Gasteiger partial charge in [0, 0.05) is 30.3 Å². The Labute approximate surface area is 166 Å². The maximum Gasteiger partial charge on any atom is 0.179 e. The van der Waals surface area contributed by atoms with Gasteiger partial charge in [0.15, 0.2) is 6.19 Å². The number of halogens is 1. The van der Waals surface area contributed by atoms with Gasteiger partial charge in [-0.2, -0.15) is 15.5 Å². The molecule has 0 radical (unpaired) electrons. The summed E-state index contributed by atoms with van der Waals surface area (Å²) < 4.78 is 15.4. The average molecular weight is 399 g/mol. The number of fused-ring (bicyclic) bond motifs is 2. The van der Waals surface area contributed by atoms with Crippen molar-refractivity contribution in [1.82, 2.24) is 24.3 Å². The van der Waals surface area contributed by atoms with Crippen molar-refractivity contribution in [2.75, 3.05) is 19.8 Å². The monoisotopic (exact) mass is 398 g/mol. The summed E-state index contributed by atoms with van der Waals surface area (Å²) in [5, 5.41) is 18.9. The zero-order valence-electron chi connectivity index (χ0n) is 15.4. The predicted molar refractivity (Wildman–Crippen MR) is 102 cm³/mol. The van der Waals surface area contributed by atoms with Crippen LogP contribution in [0.25, 0.3) is 16.8 Å². The van der Waals surface area contributed by atoms with Crippen LogP contribution in [0.1, 0.15) is 17.7 Å². The Hall–Kier alpha value is -2.76. The van der Waals surface area contributed by atoms with E-state index in [9.17, 15) is 5.26 Å². The molecule has 0 bridgehead atoms. The lowest BCUT2D eigenvalue weighted by Crippen LogP contribution is -2.30. The Morgan fingerprint density at radius 2 is 2.29 bits per heavy atom. The molecule has 5 rings (SSSR count). The maximum absolute atomic E-state index is 9.22. The Morgan fingerprint density at radius 3 is 3.07 bits per heavy atom. The van der Waals surface area contributed by atoms with Gasteiger partial charge in [0.2, 0.25) is 0 Å². The van der Waals surface area contributed by atoms with Crippen molar-refractivity contribution in [2.24, 2.45) is 0 Å². The molecule has 0 spiro atoms. The molecular formula is C19H19ClN6O2. The van der Waals surface area contributed by atoms with E-state index >= 15 is 0 Å². The van der Waals surface area contributed by atoms with Crippen LogP contribution in [0.4, 0.5) is 0 Å². The van der Waals surface area contributed by atoms with E-state index < -0.39 is 0 Å². The number of pyridine rings is 1. The molecule has 1 saturated heterocycles. The van der Waals surface area contributed by atoms with Crippen molar-refractivity contribution in [3.05, 3.63) is 34.7 Å². The zero-order chi connectivity index (χ0) is 19.3. The van der Waals surface area contributed by atoms with Gasteiger partial charge in [0.25, 0.3) is 0 Å². The minimum Gasteiger partial charge on any atom is -0.486 e. The fourth-order valence-corrected chi connectivity index (χ4v) is 4.08. The Balaban J connectivity index is 1.60. The van der Waals surface area contributed by atoms with Crippen molar-refractivity contribution < 1.29 is 9.47 Å². The first-order valence-corrected chi connectivity index (χ1v) is 9.64. The van der Waals surface area contributed by atoms with Crippen LogP contribution >= 0.6 is 11.6 Å². The summed E-state index contributed by atoms with van der Waals surface area (Å²) in [7, 11) is 0. The summed E-state index contributed by atoms with van der Waals surface area (Å²) in [4.78, 5) is 1.75. The molecule has 0 aromatic carbocycles. The SMILES string of the molecule is Cc1c(-c2cc(O[C@@H]3CCOC3)c3c(Cl)cnn3c2)nn2c1CN(C#N)CC2. The molecule has 0 amide bonds. The van der Waals surface area contributed by atoms with E-state index in [0.717, 1.165) is 34.5 Å². The van der Waals surface area contributed by atoms with E-state index in [0.29, 0.717) is 43.6 Å². The molecule has 0 N–H and O–H groups in total. The summed E-state index contributed by atoms with van der Waals surface area (Å²) in [6.07, 6.45) is 6.62. The number of nitriles is 1. The van der Waals surface area contributed by atoms with Crippen LogP contribution in [0.5, 0.6) is 5.75 Å². The summed E-state index contributed by atoms with van der Waals surface area (Å²) in [5.41, 5.74) is 4.65. The van der Waals surface area contributed by atoms with Gasteiger partial charge in [-0.25, -0.2) is 4.52 Å². The van der Waals surface area contributed by atoms with E-state index in [1.807, 2.05) is 23.9 Å². The minimum absolute atomic E-state index is 0.00509. The van der Waals surface area contributed by atoms with Gasteiger partial charge < -0.3 is 14.4 Å². The van der Waals surface area contributed by atoms with E-state index in [4.69, 9.17) is 26.2 Å². The first-order chi connectivity index (χ1) is 13.6. The smallest absolute Gasteiger partial charge is 0.179 e. The van der Waals surface area contributed by atoms with Gasteiger partial charge in [-0.3, -0.25) is 4.68 Å². The summed E-state index contributed by atoms with van der Waals surface area (Å²) >= 11 is 6.36. The highest BCUT2D eigenvalue weighted by Gasteiger charge is 2.25. The molecule has 2 aliphatic heterocycles. The molecule has 1 atom stereocenters. The number of hydrogen-bond acceptors (Lipinski definition) is 6. The highest BCUT2D eigenvalue weighted by Crippen LogP contribution is 2.35. The Bertz CT molecular complexity index is 1090. The average Bonchev–Trinajstić information content (AvgIpc) is 3.42. The van der Waals surface area contributed by atoms with E-state index in [1.165, 1.54) is 0 Å². The van der Waals surface area contributed by atoms with Crippen molar-refractivity contribution >= 4 is 17.1 Å². The molecule has 28 heavy (non-hydrogen) atoms. The van der Waals surface area contributed by atoms with Crippen LogP contribution in [-0.4, -0.2) is 50.2 Å². The molecule has 0 aliphatic carbocycles. The van der Waals surface area contributed by atoms with Crippen molar-refractivity contribution in [3.63, 3.8) is 0 Å². The molecular weight excluding hydrogens is 380 g/mol. The third-order valence-electron chi connectivity index (χ3n) is 5.37. The first-order valence-electron chi connectivity index (χ1n) is 9.26. The normalized spacial score (nSPS) is 19.0. The van der Waals surface area contributed by atoms with Crippen LogP contribution in [0.2, 0.25) is 5.02 Å². The number of hydrogen-bond donors (Lipinski definition) is 0. The van der Waals surface area contributed by atoms with Gasteiger partial charge in [-0.05, 0) is 13.0 Å². The Kier molecular flexibility index (Phi) is 4.14. The maximum atomic E-state index is 9.22. The molecule has 0 saturated carbocycles. The number of ether oxygens (including phenoxy) is 2. The van der Waals surface area contributed by atoms with Crippen LogP contribution in [-0.2, 0) is 17.8 Å². The van der Waals surface area contributed by atoms with Gasteiger partial charge >= 0.3 is 0 Å². The molecule has 8 nitrogen and oxygen atoms in total. The van der Waals surface area contributed by atoms with E-state index in [-0.39, 0.29) is 6.10 Å². The third-order valence-corrected chi connectivity index (χ3v) is 5.65. The minimum atomic E-state index is 0.00509. The Morgan fingerprint density at radius 1 is 1.39 bits per heavy atom. The van der Waals surface area contributed by atoms with E-state index in [1.54, 1.807) is 15.6 Å². The quantitative estimate of drug-likeness (QED) is 0.631. The van der Waals surface area contributed by atoms with Gasteiger partial charge in [-0.15, -0.1) is 0 Å². The van der Waals surface area contributed by atoms with Crippen LogP contribution < -0.4 is 4.74 Å². The van der Waals surface area contributed by atoms with E-state index in [2.05, 4.69) is 11.3 Å². The fraction of sp³-hybridized carbons (Fsp3) is 0.421. The second kappa shape index (κ2) is 6.69. The number of aromatic nitrogens is 4. The van der Waals surface area contributed by atoms with Crippen molar-refractivity contribution in [2.45, 2.75) is 32.5 Å². The molecule has 0 unspecified atom stereocenters. The summed E-state index contributed by atoms with van der Waals surface area (Å²) in [6.45, 7) is 5.27. The highest BCUT2D eigenvalue weighted by atomic mass is 35.5.